The molecule has 6 nitrogen and oxygen atoms in total. The van der Waals surface area contributed by atoms with Crippen LogP contribution in [-0.2, 0) is 6.61 Å². The molecule has 0 aliphatic carbocycles. The van der Waals surface area contributed by atoms with Gasteiger partial charge in [-0.15, -0.1) is 10.2 Å². The van der Waals surface area contributed by atoms with Crippen LogP contribution in [0.1, 0.15) is 30.1 Å². The molecule has 8 heteroatoms. The Hall–Kier alpha value is -2.48. The molecule has 1 fully saturated rings. The maximum atomic E-state index is 6.20. The molecule has 1 aliphatic heterocycles. The number of aromatic nitrogens is 4. The Kier molecular flexibility index (Phi) is 5.41. The molecule has 1 atom stereocenters. The summed E-state index contributed by atoms with van der Waals surface area (Å²) in [4.78, 5) is 3.19. The van der Waals surface area contributed by atoms with E-state index in [4.69, 9.17) is 21.4 Å². The van der Waals surface area contributed by atoms with Gasteiger partial charge >= 0.3 is 0 Å². The number of hydrogen-bond donors (Lipinski definition) is 0. The molecule has 4 aromatic rings. The van der Waals surface area contributed by atoms with Crippen molar-refractivity contribution in [2.45, 2.75) is 25.4 Å². The second-order valence-electron chi connectivity index (χ2n) is 7.67. The molecule has 0 saturated carbocycles. The summed E-state index contributed by atoms with van der Waals surface area (Å²) >= 11 is 7.76. The Morgan fingerprint density at radius 1 is 1.13 bits per heavy atom. The Morgan fingerprint density at radius 3 is 2.77 bits per heavy atom. The highest BCUT2D eigenvalue weighted by atomic mass is 35.5. The molecular weight excluding hydrogens is 418 g/mol. The van der Waals surface area contributed by atoms with Crippen LogP contribution < -0.4 is 4.74 Å². The lowest BCUT2D eigenvalue weighted by molar-refractivity contribution is 0.244. The molecule has 0 amide bonds. The monoisotopic (exact) mass is 439 g/mol. The van der Waals surface area contributed by atoms with Crippen molar-refractivity contribution in [1.29, 1.82) is 0 Å². The van der Waals surface area contributed by atoms with Crippen molar-refractivity contribution in [2.24, 2.45) is 0 Å². The SMILES string of the molecule is CN1CCCC(c2nnc3sc(-c4ccc(OCc5ccccc5Cl)cc4)nn23)C1. The van der Waals surface area contributed by atoms with Gasteiger partial charge in [0.1, 0.15) is 17.4 Å². The van der Waals surface area contributed by atoms with Gasteiger partial charge < -0.3 is 9.64 Å². The van der Waals surface area contributed by atoms with E-state index in [-0.39, 0.29) is 0 Å². The van der Waals surface area contributed by atoms with Crippen LogP contribution in [0.4, 0.5) is 0 Å². The molecule has 2 aromatic carbocycles. The first kappa shape index (κ1) is 19.5. The van der Waals surface area contributed by atoms with Crippen LogP contribution in [0, 0.1) is 0 Å². The lowest BCUT2D eigenvalue weighted by Crippen LogP contribution is -2.31. The summed E-state index contributed by atoms with van der Waals surface area (Å²) < 4.78 is 7.80. The minimum atomic E-state index is 0.384. The van der Waals surface area contributed by atoms with Gasteiger partial charge in [-0.3, -0.25) is 0 Å². The fourth-order valence-electron chi connectivity index (χ4n) is 3.85. The van der Waals surface area contributed by atoms with Crippen molar-refractivity contribution in [3.05, 3.63) is 64.9 Å². The van der Waals surface area contributed by atoms with Gasteiger partial charge in [-0.05, 0) is 56.8 Å². The predicted octanol–water partition coefficient (Wildman–Crippen LogP) is 4.89. The van der Waals surface area contributed by atoms with Crippen LogP contribution in [0.3, 0.4) is 0 Å². The van der Waals surface area contributed by atoms with E-state index >= 15 is 0 Å². The van der Waals surface area contributed by atoms with Crippen LogP contribution >= 0.6 is 22.9 Å². The standard InChI is InChI=1S/C22H22ClN5OS/c1-27-12-4-6-16(13-27)20-24-25-22-28(20)26-21(30-22)15-8-10-18(11-9-15)29-14-17-5-2-3-7-19(17)23/h2-3,5,7-11,16H,4,6,12-14H2,1H3. The minimum Gasteiger partial charge on any atom is -0.489 e. The van der Waals surface area contributed by atoms with E-state index in [9.17, 15) is 0 Å². The number of likely N-dealkylation sites (N-methyl/N-ethyl adjacent to an activating group) is 1. The van der Waals surface area contributed by atoms with Crippen molar-refractivity contribution in [3.8, 4) is 16.3 Å². The molecule has 2 aromatic heterocycles. The first-order valence-corrected chi connectivity index (χ1v) is 11.2. The lowest BCUT2D eigenvalue weighted by Gasteiger charge is -2.28. The molecule has 0 radical (unpaired) electrons. The van der Waals surface area contributed by atoms with E-state index in [0.717, 1.165) is 52.2 Å². The quantitative estimate of drug-likeness (QED) is 0.443. The molecule has 5 rings (SSSR count). The van der Waals surface area contributed by atoms with Gasteiger partial charge in [0, 0.05) is 28.6 Å². The first-order chi connectivity index (χ1) is 14.7. The number of fused-ring (bicyclic) bond motifs is 1. The van der Waals surface area contributed by atoms with E-state index in [1.807, 2.05) is 53.0 Å². The molecular formula is C22H22ClN5OS. The van der Waals surface area contributed by atoms with Crippen LogP contribution in [0.5, 0.6) is 5.75 Å². The van der Waals surface area contributed by atoms with Gasteiger partial charge in [-0.1, -0.05) is 41.1 Å². The Labute approximate surface area is 184 Å². The van der Waals surface area contributed by atoms with Crippen molar-refractivity contribution in [1.82, 2.24) is 24.7 Å². The van der Waals surface area contributed by atoms with Crippen LogP contribution in [0.25, 0.3) is 15.5 Å². The maximum Gasteiger partial charge on any atom is 0.234 e. The Bertz CT molecular complexity index is 1160. The zero-order chi connectivity index (χ0) is 20.5. The molecule has 1 saturated heterocycles. The third-order valence-corrected chi connectivity index (χ3v) is 6.77. The Balaban J connectivity index is 1.32. The summed E-state index contributed by atoms with van der Waals surface area (Å²) in [5.41, 5.74) is 2.01. The third-order valence-electron chi connectivity index (χ3n) is 5.46. The molecule has 0 N–H and O–H groups in total. The highest BCUT2D eigenvalue weighted by molar-refractivity contribution is 7.19. The van der Waals surface area contributed by atoms with Crippen molar-refractivity contribution in [3.63, 3.8) is 0 Å². The predicted molar refractivity (Wildman–Crippen MR) is 119 cm³/mol. The van der Waals surface area contributed by atoms with Crippen molar-refractivity contribution in [2.75, 3.05) is 20.1 Å². The molecule has 3 heterocycles. The number of halogens is 1. The molecule has 154 valence electrons. The normalized spacial score (nSPS) is 17.5. The second-order valence-corrected chi connectivity index (χ2v) is 9.03. The fourth-order valence-corrected chi connectivity index (χ4v) is 4.89. The summed E-state index contributed by atoms with van der Waals surface area (Å²) in [7, 11) is 2.16. The first-order valence-electron chi connectivity index (χ1n) is 10.0. The summed E-state index contributed by atoms with van der Waals surface area (Å²) in [6.45, 7) is 2.59. The van der Waals surface area contributed by atoms with Crippen LogP contribution in [0.2, 0.25) is 5.02 Å². The van der Waals surface area contributed by atoms with Crippen LogP contribution in [-0.4, -0.2) is 44.8 Å². The molecule has 0 spiro atoms. The largest absolute Gasteiger partial charge is 0.489 e. The molecule has 30 heavy (non-hydrogen) atoms. The number of ether oxygens (including phenoxy) is 1. The highest BCUT2D eigenvalue weighted by Gasteiger charge is 2.25. The van der Waals surface area contributed by atoms with Crippen molar-refractivity contribution >= 4 is 27.9 Å². The number of nitrogens with zero attached hydrogens (tertiary/aromatic N) is 5. The van der Waals surface area contributed by atoms with Gasteiger partial charge in [0.15, 0.2) is 5.82 Å². The molecule has 0 bridgehead atoms. The van der Waals surface area contributed by atoms with E-state index in [1.165, 1.54) is 6.42 Å². The van der Waals surface area contributed by atoms with Gasteiger partial charge in [0.25, 0.3) is 0 Å². The average Bonchev–Trinajstić information content (AvgIpc) is 3.34. The smallest absolute Gasteiger partial charge is 0.234 e. The summed E-state index contributed by atoms with van der Waals surface area (Å²) in [5, 5.41) is 15.3. The number of hydrogen-bond acceptors (Lipinski definition) is 6. The maximum absolute atomic E-state index is 6.20. The van der Waals surface area contributed by atoms with E-state index < -0.39 is 0 Å². The number of rotatable bonds is 5. The van der Waals surface area contributed by atoms with Gasteiger partial charge in [-0.2, -0.15) is 9.61 Å². The third kappa shape index (κ3) is 3.93. The zero-order valence-corrected chi connectivity index (χ0v) is 18.2. The van der Waals surface area contributed by atoms with Gasteiger partial charge in [0.05, 0.1) is 0 Å². The fraction of sp³-hybridized carbons (Fsp3) is 0.318. The zero-order valence-electron chi connectivity index (χ0n) is 16.7. The summed E-state index contributed by atoms with van der Waals surface area (Å²) in [6, 6.07) is 15.7. The summed E-state index contributed by atoms with van der Waals surface area (Å²) in [6.07, 6.45) is 2.32. The number of likely N-dealkylation sites (tertiary alicyclic amines) is 1. The van der Waals surface area contributed by atoms with E-state index in [1.54, 1.807) is 11.3 Å². The van der Waals surface area contributed by atoms with Crippen molar-refractivity contribution < 1.29 is 4.74 Å². The summed E-state index contributed by atoms with van der Waals surface area (Å²) in [5.74, 6) is 2.15. The second kappa shape index (κ2) is 8.34. The lowest BCUT2D eigenvalue weighted by atomic mass is 9.98. The molecule has 1 aliphatic rings. The highest BCUT2D eigenvalue weighted by Crippen LogP contribution is 2.31. The molecule has 1 unspecified atom stereocenters. The average molecular weight is 440 g/mol. The number of benzene rings is 2. The van der Waals surface area contributed by atoms with Gasteiger partial charge in [-0.25, -0.2) is 0 Å². The number of piperidine rings is 1. The van der Waals surface area contributed by atoms with Crippen LogP contribution in [0.15, 0.2) is 48.5 Å². The Morgan fingerprint density at radius 2 is 1.97 bits per heavy atom. The topological polar surface area (TPSA) is 55.5 Å². The minimum absolute atomic E-state index is 0.384. The van der Waals surface area contributed by atoms with Gasteiger partial charge in [0.2, 0.25) is 4.96 Å². The van der Waals surface area contributed by atoms with E-state index in [2.05, 4.69) is 22.1 Å². The van der Waals surface area contributed by atoms with E-state index in [0.29, 0.717) is 17.5 Å².